The van der Waals surface area contributed by atoms with Gasteiger partial charge in [0.15, 0.2) is 5.82 Å². The first-order chi connectivity index (χ1) is 11.1. The average Bonchev–Trinajstić information content (AvgIpc) is 2.95. The standard InChI is InChI=1S/C17H14ClN5/c1-9-2-5-11(6-3-9)20-17-14-15(22-23-17)12-8-10(18)4-7-13(12)21-16(14)19/h2-8H,1H3,(H2,19,21)(H2,20,22,23). The number of hydrogen-bond donors (Lipinski definition) is 3. The molecule has 0 amide bonds. The van der Waals surface area contributed by atoms with Gasteiger partial charge in [0.05, 0.1) is 16.4 Å². The Morgan fingerprint density at radius 2 is 1.91 bits per heavy atom. The molecule has 0 unspecified atom stereocenters. The van der Waals surface area contributed by atoms with E-state index in [0.717, 1.165) is 27.5 Å². The highest BCUT2D eigenvalue weighted by Gasteiger charge is 2.14. The molecule has 0 aliphatic carbocycles. The number of pyridine rings is 1. The van der Waals surface area contributed by atoms with Gasteiger partial charge in [-0.05, 0) is 37.3 Å². The van der Waals surface area contributed by atoms with Gasteiger partial charge in [0.1, 0.15) is 5.82 Å². The van der Waals surface area contributed by atoms with Crippen LogP contribution >= 0.6 is 11.6 Å². The van der Waals surface area contributed by atoms with E-state index in [1.807, 2.05) is 43.3 Å². The van der Waals surface area contributed by atoms with E-state index < -0.39 is 0 Å². The van der Waals surface area contributed by atoms with Crippen LogP contribution in [0, 0.1) is 6.92 Å². The van der Waals surface area contributed by atoms with Gasteiger partial charge in [0.25, 0.3) is 0 Å². The zero-order valence-corrected chi connectivity index (χ0v) is 13.1. The summed E-state index contributed by atoms with van der Waals surface area (Å²) in [4.78, 5) is 4.45. The van der Waals surface area contributed by atoms with Crippen molar-refractivity contribution in [1.82, 2.24) is 15.2 Å². The number of nitrogens with zero attached hydrogens (tertiary/aromatic N) is 2. The fraction of sp³-hybridized carbons (Fsp3) is 0.0588. The lowest BCUT2D eigenvalue weighted by molar-refractivity contribution is 1.12. The molecule has 4 rings (SSSR count). The number of aryl methyl sites for hydroxylation is 1. The van der Waals surface area contributed by atoms with Crippen LogP contribution in [0.15, 0.2) is 42.5 Å². The first-order valence-electron chi connectivity index (χ1n) is 7.18. The number of nitrogens with one attached hydrogen (secondary N) is 2. The van der Waals surface area contributed by atoms with Crippen molar-refractivity contribution in [3.63, 3.8) is 0 Å². The highest BCUT2D eigenvalue weighted by atomic mass is 35.5. The van der Waals surface area contributed by atoms with Crippen LogP contribution in [0.25, 0.3) is 21.8 Å². The summed E-state index contributed by atoms with van der Waals surface area (Å²) in [5, 5.41) is 13.0. The molecule has 2 aromatic carbocycles. The summed E-state index contributed by atoms with van der Waals surface area (Å²) in [5.74, 6) is 1.08. The number of nitrogens with two attached hydrogens (primary N) is 1. The molecule has 0 bridgehead atoms. The van der Waals surface area contributed by atoms with Gasteiger partial charge in [-0.1, -0.05) is 29.3 Å². The van der Waals surface area contributed by atoms with E-state index in [1.165, 1.54) is 5.56 Å². The highest BCUT2D eigenvalue weighted by Crippen LogP contribution is 2.33. The van der Waals surface area contributed by atoms with E-state index in [4.69, 9.17) is 17.3 Å². The van der Waals surface area contributed by atoms with Gasteiger partial charge in [-0.2, -0.15) is 5.10 Å². The normalized spacial score (nSPS) is 11.2. The number of benzene rings is 2. The molecule has 0 aliphatic heterocycles. The number of fused-ring (bicyclic) bond motifs is 3. The van der Waals surface area contributed by atoms with E-state index in [1.54, 1.807) is 6.07 Å². The molecule has 0 saturated heterocycles. The fourth-order valence-electron chi connectivity index (χ4n) is 2.64. The lowest BCUT2D eigenvalue weighted by atomic mass is 10.1. The minimum atomic E-state index is 0.429. The van der Waals surface area contributed by atoms with Crippen molar-refractivity contribution in [2.24, 2.45) is 0 Å². The maximum Gasteiger partial charge on any atom is 0.163 e. The van der Waals surface area contributed by atoms with Gasteiger partial charge in [0, 0.05) is 16.1 Å². The number of H-pyrrole nitrogens is 1. The number of halogens is 1. The van der Waals surface area contributed by atoms with Crippen molar-refractivity contribution in [2.45, 2.75) is 6.92 Å². The summed E-state index contributed by atoms with van der Waals surface area (Å²) in [6.07, 6.45) is 0. The Bertz CT molecular complexity index is 1020. The van der Waals surface area contributed by atoms with Gasteiger partial charge in [0.2, 0.25) is 0 Å². The Balaban J connectivity index is 1.90. The lowest BCUT2D eigenvalue weighted by Crippen LogP contribution is -1.96. The number of anilines is 3. The predicted molar refractivity (Wildman–Crippen MR) is 95.3 cm³/mol. The number of aromatic nitrogens is 3. The fourth-order valence-corrected chi connectivity index (χ4v) is 2.81. The Morgan fingerprint density at radius 1 is 1.13 bits per heavy atom. The molecule has 4 aromatic rings. The SMILES string of the molecule is Cc1ccc(Nc2n[nH]c3c2c(N)nc2ccc(Cl)cc23)cc1. The summed E-state index contributed by atoms with van der Waals surface area (Å²) in [6.45, 7) is 2.05. The molecule has 23 heavy (non-hydrogen) atoms. The molecule has 0 saturated carbocycles. The van der Waals surface area contributed by atoms with Crippen molar-refractivity contribution in [3.05, 3.63) is 53.1 Å². The zero-order valence-electron chi connectivity index (χ0n) is 12.4. The molecule has 0 fully saturated rings. The third-order valence-corrected chi connectivity index (χ3v) is 4.04. The molecular weight excluding hydrogens is 310 g/mol. The van der Waals surface area contributed by atoms with Crippen molar-refractivity contribution in [1.29, 1.82) is 0 Å². The first-order valence-corrected chi connectivity index (χ1v) is 7.56. The molecule has 0 aliphatic rings. The Hall–Kier alpha value is -2.79. The van der Waals surface area contributed by atoms with E-state index in [0.29, 0.717) is 16.7 Å². The molecule has 6 heteroatoms. The quantitative estimate of drug-likeness (QED) is 0.511. The molecule has 114 valence electrons. The molecule has 0 radical (unpaired) electrons. The van der Waals surface area contributed by atoms with Crippen molar-refractivity contribution < 1.29 is 0 Å². The van der Waals surface area contributed by atoms with Crippen LogP contribution in [0.3, 0.4) is 0 Å². The minimum absolute atomic E-state index is 0.429. The molecule has 2 aromatic heterocycles. The van der Waals surface area contributed by atoms with E-state index in [-0.39, 0.29) is 0 Å². The predicted octanol–water partition coefficient (Wildman–Crippen LogP) is 4.40. The lowest BCUT2D eigenvalue weighted by Gasteiger charge is -2.06. The third kappa shape index (κ3) is 2.35. The smallest absolute Gasteiger partial charge is 0.163 e. The monoisotopic (exact) mass is 323 g/mol. The van der Waals surface area contributed by atoms with Gasteiger partial charge in [-0.25, -0.2) is 4.98 Å². The Kier molecular flexibility index (Phi) is 3.09. The molecular formula is C17H14ClN5. The summed E-state index contributed by atoms with van der Waals surface area (Å²) >= 11 is 6.10. The van der Waals surface area contributed by atoms with E-state index in [2.05, 4.69) is 20.5 Å². The van der Waals surface area contributed by atoms with Crippen LogP contribution in [0.5, 0.6) is 0 Å². The van der Waals surface area contributed by atoms with Crippen LogP contribution in [-0.4, -0.2) is 15.2 Å². The van der Waals surface area contributed by atoms with Crippen molar-refractivity contribution in [3.8, 4) is 0 Å². The van der Waals surface area contributed by atoms with Crippen LogP contribution < -0.4 is 11.1 Å². The van der Waals surface area contributed by atoms with Gasteiger partial charge in [-0.3, -0.25) is 5.10 Å². The molecule has 5 nitrogen and oxygen atoms in total. The molecule has 0 atom stereocenters. The minimum Gasteiger partial charge on any atom is -0.383 e. The summed E-state index contributed by atoms with van der Waals surface area (Å²) in [7, 11) is 0. The van der Waals surface area contributed by atoms with Crippen LogP contribution in [0.2, 0.25) is 5.02 Å². The third-order valence-electron chi connectivity index (χ3n) is 3.81. The first kappa shape index (κ1) is 13.8. The molecule has 2 heterocycles. The largest absolute Gasteiger partial charge is 0.383 e. The number of hydrogen-bond acceptors (Lipinski definition) is 4. The van der Waals surface area contributed by atoms with Crippen molar-refractivity contribution >= 4 is 50.7 Å². The number of rotatable bonds is 2. The van der Waals surface area contributed by atoms with Crippen molar-refractivity contribution in [2.75, 3.05) is 11.1 Å². The molecule has 4 N–H and O–H groups in total. The van der Waals surface area contributed by atoms with Gasteiger partial charge in [-0.15, -0.1) is 0 Å². The van der Waals surface area contributed by atoms with E-state index in [9.17, 15) is 0 Å². The number of nitrogen functional groups attached to an aromatic ring is 1. The Labute approximate surface area is 137 Å². The van der Waals surface area contributed by atoms with Crippen LogP contribution in [-0.2, 0) is 0 Å². The van der Waals surface area contributed by atoms with Gasteiger partial charge < -0.3 is 11.1 Å². The molecule has 0 spiro atoms. The van der Waals surface area contributed by atoms with E-state index >= 15 is 0 Å². The summed E-state index contributed by atoms with van der Waals surface area (Å²) in [6, 6.07) is 13.6. The Morgan fingerprint density at radius 3 is 2.70 bits per heavy atom. The summed E-state index contributed by atoms with van der Waals surface area (Å²) < 4.78 is 0. The summed E-state index contributed by atoms with van der Waals surface area (Å²) in [5.41, 5.74) is 9.88. The topological polar surface area (TPSA) is 79.6 Å². The average molecular weight is 324 g/mol. The second-order valence-corrected chi connectivity index (χ2v) is 5.91. The highest BCUT2D eigenvalue weighted by molar-refractivity contribution is 6.31. The van der Waals surface area contributed by atoms with Gasteiger partial charge >= 0.3 is 0 Å². The maximum atomic E-state index is 6.14. The van der Waals surface area contributed by atoms with Crippen LogP contribution in [0.1, 0.15) is 5.56 Å². The maximum absolute atomic E-state index is 6.14. The second-order valence-electron chi connectivity index (χ2n) is 5.47. The number of aromatic amines is 1. The second kappa shape index (κ2) is 5.14. The zero-order chi connectivity index (χ0) is 16.0. The van der Waals surface area contributed by atoms with Crippen LogP contribution in [0.4, 0.5) is 17.3 Å².